The molecule has 0 aromatic carbocycles. The molecule has 0 radical (unpaired) electrons. The van der Waals surface area contributed by atoms with Crippen LogP contribution >= 0.6 is 31.7 Å². The number of aliphatic hydroxyl groups is 1. The zero-order valence-corrected chi connectivity index (χ0v) is 24.3. The molecule has 5 heterocycles. The Bertz CT molecular complexity index is 1340. The van der Waals surface area contributed by atoms with Gasteiger partial charge in [-0.3, -0.25) is 18.4 Å². The van der Waals surface area contributed by atoms with Crippen molar-refractivity contribution in [2.75, 3.05) is 24.7 Å². The summed E-state index contributed by atoms with van der Waals surface area (Å²) >= 11 is 6.49. The maximum atomic E-state index is 12.7. The standard InChI is InChI=1S/C22H31N8O8PS2/c23-19-16-20(26-9-25-19)30(10-27-16)21-17(32)18(38-39(24,34)36-5-6-40)12(37-21)7-35-14(31)4-2-1-3-13-15-11(8-41-13)28-22(33)29-15/h6,9-13,15,17-18,21,32H,1-5,7-8H2,(H2,24,34)(H2,23,25,26)(H2,28,29,33)/t11-,12+,13-,15-,17+,18+,21+,39?/m0/s1. The smallest absolute Gasteiger partial charge is 0.403 e. The van der Waals surface area contributed by atoms with E-state index in [9.17, 15) is 19.3 Å². The van der Waals surface area contributed by atoms with Gasteiger partial charge in [0.25, 0.3) is 0 Å². The van der Waals surface area contributed by atoms with Gasteiger partial charge >= 0.3 is 19.7 Å². The van der Waals surface area contributed by atoms with Crippen molar-refractivity contribution in [3.63, 3.8) is 0 Å². The summed E-state index contributed by atoms with van der Waals surface area (Å²) in [6, 6.07) is 0.127. The first-order chi connectivity index (χ1) is 19.7. The fourth-order valence-electron chi connectivity index (χ4n) is 5.11. The number of hydrogen-bond donors (Lipinski definition) is 5. The molecular weight excluding hydrogens is 599 g/mol. The van der Waals surface area contributed by atoms with Crippen molar-refractivity contribution in [3.8, 4) is 0 Å². The Hall–Kier alpha value is -2.44. The highest BCUT2D eigenvalue weighted by Crippen LogP contribution is 2.45. The summed E-state index contributed by atoms with van der Waals surface area (Å²) in [5.74, 6) is 0.532. The molecule has 0 saturated carbocycles. The van der Waals surface area contributed by atoms with E-state index in [2.05, 4.69) is 37.8 Å². The number of anilines is 1. The van der Waals surface area contributed by atoms with Gasteiger partial charge in [-0.15, -0.1) is 0 Å². The number of nitrogens with zero attached hydrogens (tertiary/aromatic N) is 4. The normalized spacial score (nSPS) is 30.5. The number of aromatic nitrogens is 4. The van der Waals surface area contributed by atoms with Crippen molar-refractivity contribution in [1.82, 2.24) is 30.2 Å². The molecule has 2 aromatic rings. The lowest BCUT2D eigenvalue weighted by molar-refractivity contribution is -0.150. The molecule has 224 valence electrons. The van der Waals surface area contributed by atoms with E-state index in [1.165, 1.54) is 22.6 Å². The third kappa shape index (κ3) is 6.80. The highest BCUT2D eigenvalue weighted by atomic mass is 32.2. The number of nitrogens with two attached hydrogens (primary N) is 2. The molecule has 2 aromatic heterocycles. The van der Waals surface area contributed by atoms with Crippen molar-refractivity contribution in [2.24, 2.45) is 5.50 Å². The quantitative estimate of drug-likeness (QED) is 0.0663. The van der Waals surface area contributed by atoms with E-state index < -0.39 is 38.3 Å². The molecule has 16 nitrogen and oxygen atoms in total. The second-order valence-corrected chi connectivity index (χ2v) is 12.9. The molecule has 7 N–H and O–H groups in total. The summed E-state index contributed by atoms with van der Waals surface area (Å²) < 4.78 is 36.0. The Morgan fingerprint density at radius 2 is 2.17 bits per heavy atom. The SMILES string of the molecule is Nc1ncnc2c1ncn2[C@@H]1O[C@H](COC(=O)CCCC[C@@H]2SC[C@@H]3NC(=O)N[C@@H]32)[C@@H](OP(N)(=O)OCC=S)[C@H]1O. The summed E-state index contributed by atoms with van der Waals surface area (Å²) in [5, 5.41) is 18.5. The molecular formula is C22H31N8O8PS2. The number of fused-ring (bicyclic) bond motifs is 2. The first kappa shape index (κ1) is 30.0. The number of nitrogen functional groups attached to an aromatic ring is 1. The molecule has 5 rings (SSSR count). The first-order valence-corrected chi connectivity index (χ1v) is 16.1. The van der Waals surface area contributed by atoms with E-state index in [4.69, 9.17) is 29.8 Å². The number of thiocarbonyl (C=S) groups is 1. The minimum absolute atomic E-state index is 0.109. The monoisotopic (exact) mass is 630 g/mol. The van der Waals surface area contributed by atoms with Crippen LogP contribution in [0.2, 0.25) is 0 Å². The molecule has 0 bridgehead atoms. The van der Waals surface area contributed by atoms with Crippen LogP contribution in [-0.4, -0.2) is 96.6 Å². The molecule has 1 unspecified atom stereocenters. The highest BCUT2D eigenvalue weighted by molar-refractivity contribution is 8.00. The Balaban J connectivity index is 1.18. The number of ether oxygens (including phenoxy) is 2. The fraction of sp³-hybridized carbons (Fsp3) is 0.636. The lowest BCUT2D eigenvalue weighted by atomic mass is 10.0. The number of carbonyl (C=O) groups excluding carboxylic acids is 2. The summed E-state index contributed by atoms with van der Waals surface area (Å²) in [6.07, 6.45) is 0.0841. The van der Waals surface area contributed by atoms with Gasteiger partial charge in [0.2, 0.25) is 0 Å². The molecule has 0 aliphatic carbocycles. The van der Waals surface area contributed by atoms with Gasteiger partial charge in [0, 0.05) is 22.8 Å². The van der Waals surface area contributed by atoms with Crippen LogP contribution in [0.4, 0.5) is 10.6 Å². The maximum absolute atomic E-state index is 12.7. The van der Waals surface area contributed by atoms with Gasteiger partial charge in [0.15, 0.2) is 17.7 Å². The number of hydrogen-bond acceptors (Lipinski definition) is 14. The summed E-state index contributed by atoms with van der Waals surface area (Å²) in [6.45, 7) is -0.532. The van der Waals surface area contributed by atoms with Crippen LogP contribution in [0, 0.1) is 0 Å². The number of rotatable bonds is 13. The summed E-state index contributed by atoms with van der Waals surface area (Å²) in [7, 11) is -4.17. The zero-order valence-electron chi connectivity index (χ0n) is 21.7. The van der Waals surface area contributed by atoms with Gasteiger partial charge in [-0.2, -0.15) is 11.8 Å². The topological polar surface area (TPSA) is 228 Å². The Morgan fingerprint density at radius 1 is 1.34 bits per heavy atom. The Labute approximate surface area is 244 Å². The van der Waals surface area contributed by atoms with Crippen molar-refractivity contribution >= 4 is 66.1 Å². The summed E-state index contributed by atoms with van der Waals surface area (Å²) in [5.41, 5.74) is 12.1. The van der Waals surface area contributed by atoms with E-state index in [-0.39, 0.29) is 49.2 Å². The fourth-order valence-corrected chi connectivity index (χ4v) is 7.76. The van der Waals surface area contributed by atoms with Gasteiger partial charge < -0.3 is 30.9 Å². The molecule has 19 heteroatoms. The largest absolute Gasteiger partial charge is 0.463 e. The minimum Gasteiger partial charge on any atom is -0.463 e. The van der Waals surface area contributed by atoms with Gasteiger partial charge in [-0.1, -0.05) is 18.6 Å². The molecule has 2 amide bonds. The lowest BCUT2D eigenvalue weighted by Gasteiger charge is -2.23. The Morgan fingerprint density at radius 3 is 2.98 bits per heavy atom. The number of imidazole rings is 1. The van der Waals surface area contributed by atoms with Crippen LogP contribution < -0.4 is 21.9 Å². The maximum Gasteiger partial charge on any atom is 0.403 e. The first-order valence-electron chi connectivity index (χ1n) is 12.9. The van der Waals surface area contributed by atoms with Gasteiger partial charge in [-0.25, -0.2) is 29.8 Å². The third-order valence-corrected chi connectivity index (χ3v) is 9.72. The second kappa shape index (κ2) is 12.8. The van der Waals surface area contributed by atoms with E-state index in [0.29, 0.717) is 17.2 Å². The van der Waals surface area contributed by atoms with Crippen LogP contribution in [-0.2, 0) is 27.9 Å². The average Bonchev–Trinajstić information content (AvgIpc) is 3.69. The summed E-state index contributed by atoms with van der Waals surface area (Å²) in [4.78, 5) is 36.3. The number of amides is 2. The van der Waals surface area contributed by atoms with E-state index in [1.807, 2.05) is 11.8 Å². The van der Waals surface area contributed by atoms with E-state index in [1.54, 1.807) is 0 Å². The lowest BCUT2D eigenvalue weighted by Crippen LogP contribution is -2.37. The van der Waals surface area contributed by atoms with Crippen LogP contribution in [0.3, 0.4) is 0 Å². The number of urea groups is 1. The molecule has 3 aliphatic rings. The van der Waals surface area contributed by atoms with Gasteiger partial charge in [0.1, 0.15) is 36.8 Å². The van der Waals surface area contributed by atoms with Crippen molar-refractivity contribution < 1.29 is 37.8 Å². The second-order valence-electron chi connectivity index (χ2n) is 9.76. The number of esters is 1. The predicted molar refractivity (Wildman–Crippen MR) is 151 cm³/mol. The molecule has 0 spiro atoms. The van der Waals surface area contributed by atoms with Gasteiger partial charge in [-0.05, 0) is 12.8 Å². The number of thioether (sulfide) groups is 1. The van der Waals surface area contributed by atoms with E-state index >= 15 is 0 Å². The number of unbranched alkanes of at least 4 members (excludes halogenated alkanes) is 1. The number of aliphatic hydroxyl groups excluding tert-OH is 1. The molecule has 3 aliphatic heterocycles. The Kier molecular flexibility index (Phi) is 9.40. The van der Waals surface area contributed by atoms with Crippen LogP contribution in [0.25, 0.3) is 11.2 Å². The third-order valence-electron chi connectivity index (χ3n) is 7.03. The van der Waals surface area contributed by atoms with Crippen molar-refractivity contribution in [2.45, 2.75) is 67.6 Å². The van der Waals surface area contributed by atoms with Crippen LogP contribution in [0.15, 0.2) is 12.7 Å². The molecule has 8 atom stereocenters. The molecule has 3 saturated heterocycles. The van der Waals surface area contributed by atoms with Crippen molar-refractivity contribution in [3.05, 3.63) is 12.7 Å². The number of nitrogens with one attached hydrogen (secondary N) is 2. The van der Waals surface area contributed by atoms with Gasteiger partial charge in [0.05, 0.1) is 25.0 Å². The van der Waals surface area contributed by atoms with Crippen LogP contribution in [0.1, 0.15) is 31.9 Å². The molecule has 41 heavy (non-hydrogen) atoms. The highest BCUT2D eigenvalue weighted by Gasteiger charge is 2.49. The average molecular weight is 631 g/mol. The van der Waals surface area contributed by atoms with E-state index in [0.717, 1.165) is 18.6 Å². The minimum atomic E-state index is -4.17. The molecule has 3 fully saturated rings. The number of carbonyl (C=O) groups is 2. The van der Waals surface area contributed by atoms with Crippen molar-refractivity contribution in [1.29, 1.82) is 0 Å². The zero-order chi connectivity index (χ0) is 29.1. The van der Waals surface area contributed by atoms with Crippen LogP contribution in [0.5, 0.6) is 0 Å². The predicted octanol–water partition coefficient (Wildman–Crippen LogP) is 0.404.